The first-order chi connectivity index (χ1) is 14.2. The Morgan fingerprint density at radius 2 is 1.73 bits per heavy atom. The van der Waals surface area contributed by atoms with Crippen LogP contribution in [0, 0.1) is 13.8 Å². The lowest BCUT2D eigenvalue weighted by atomic mass is 10.0. The molecule has 0 aliphatic carbocycles. The van der Waals surface area contributed by atoms with E-state index in [1.807, 2.05) is 13.8 Å². The zero-order chi connectivity index (χ0) is 21.5. The topological polar surface area (TPSA) is 72.2 Å². The Morgan fingerprint density at radius 3 is 2.43 bits per heavy atom. The highest BCUT2D eigenvalue weighted by molar-refractivity contribution is 6.03. The Morgan fingerprint density at radius 1 is 1.03 bits per heavy atom. The summed E-state index contributed by atoms with van der Waals surface area (Å²) in [6.07, 6.45) is -3.20. The molecule has 0 unspecified atom stereocenters. The average Bonchev–Trinajstić information content (AvgIpc) is 3.10. The van der Waals surface area contributed by atoms with E-state index in [1.54, 1.807) is 12.1 Å². The van der Waals surface area contributed by atoms with E-state index in [0.29, 0.717) is 11.3 Å². The maximum absolute atomic E-state index is 13.4. The van der Waals surface area contributed by atoms with Crippen LogP contribution in [0.3, 0.4) is 0 Å². The SMILES string of the molecule is Cc1cc(NC(=O)c2cnc3ccc(-c4ccccc4C(F)(F)F)nn23)cc(C)n1. The molecule has 1 N–H and O–H groups in total. The lowest BCUT2D eigenvalue weighted by Gasteiger charge is -2.12. The van der Waals surface area contributed by atoms with Gasteiger partial charge in [-0.15, -0.1) is 0 Å². The van der Waals surface area contributed by atoms with Crippen LogP contribution in [-0.4, -0.2) is 25.5 Å². The first-order valence-electron chi connectivity index (χ1n) is 9.00. The van der Waals surface area contributed by atoms with Crippen molar-refractivity contribution in [3.8, 4) is 11.3 Å². The summed E-state index contributed by atoms with van der Waals surface area (Å²) in [6.45, 7) is 3.62. The summed E-state index contributed by atoms with van der Waals surface area (Å²) < 4.78 is 41.4. The molecule has 9 heteroatoms. The molecular weight excluding hydrogens is 395 g/mol. The number of anilines is 1. The van der Waals surface area contributed by atoms with Gasteiger partial charge in [0.15, 0.2) is 11.3 Å². The number of carbonyl (C=O) groups is 1. The second-order valence-corrected chi connectivity index (χ2v) is 6.77. The van der Waals surface area contributed by atoms with Crippen molar-refractivity contribution < 1.29 is 18.0 Å². The van der Waals surface area contributed by atoms with Gasteiger partial charge >= 0.3 is 6.18 Å². The van der Waals surface area contributed by atoms with Crippen molar-refractivity contribution in [2.45, 2.75) is 20.0 Å². The van der Waals surface area contributed by atoms with Gasteiger partial charge in [0.25, 0.3) is 5.91 Å². The van der Waals surface area contributed by atoms with Crippen LogP contribution in [0.15, 0.2) is 54.7 Å². The largest absolute Gasteiger partial charge is 0.417 e. The van der Waals surface area contributed by atoms with Crippen LogP contribution in [0.2, 0.25) is 0 Å². The molecular formula is C21H16F3N5O. The van der Waals surface area contributed by atoms with E-state index in [1.165, 1.54) is 41.0 Å². The van der Waals surface area contributed by atoms with Gasteiger partial charge in [-0.1, -0.05) is 18.2 Å². The number of aromatic nitrogens is 4. The van der Waals surface area contributed by atoms with Gasteiger partial charge in [0.05, 0.1) is 17.5 Å². The van der Waals surface area contributed by atoms with Crippen molar-refractivity contribution in [1.29, 1.82) is 0 Å². The first kappa shape index (κ1) is 19.6. The molecule has 0 spiro atoms. The number of rotatable bonds is 3. The smallest absolute Gasteiger partial charge is 0.320 e. The molecule has 30 heavy (non-hydrogen) atoms. The summed E-state index contributed by atoms with van der Waals surface area (Å²) in [7, 11) is 0. The van der Waals surface area contributed by atoms with Crippen molar-refractivity contribution in [2.24, 2.45) is 0 Å². The first-order valence-corrected chi connectivity index (χ1v) is 9.00. The Balaban J connectivity index is 1.75. The lowest BCUT2D eigenvalue weighted by Crippen LogP contribution is -2.16. The predicted octanol–water partition coefficient (Wildman–Crippen LogP) is 4.68. The molecule has 0 fully saturated rings. The predicted molar refractivity (Wildman–Crippen MR) is 105 cm³/mol. The van der Waals surface area contributed by atoms with Crippen LogP contribution < -0.4 is 5.32 Å². The standard InChI is InChI=1S/C21H16F3N5O/c1-12-9-14(10-13(2)26-12)27-20(30)18-11-25-19-8-7-17(28-29(18)19)15-5-3-4-6-16(15)21(22,23)24/h3-11H,1-2H3,(H,26,27,30). The zero-order valence-corrected chi connectivity index (χ0v) is 16.0. The normalized spacial score (nSPS) is 11.6. The molecule has 0 aliphatic rings. The summed E-state index contributed by atoms with van der Waals surface area (Å²) in [5, 5.41) is 7.01. The van der Waals surface area contributed by atoms with Crippen LogP contribution in [0.5, 0.6) is 0 Å². The maximum Gasteiger partial charge on any atom is 0.417 e. The molecule has 0 atom stereocenters. The molecule has 0 bridgehead atoms. The number of hydrogen-bond acceptors (Lipinski definition) is 4. The van der Waals surface area contributed by atoms with Gasteiger partial charge < -0.3 is 5.32 Å². The van der Waals surface area contributed by atoms with Gasteiger partial charge in [0.2, 0.25) is 0 Å². The van der Waals surface area contributed by atoms with Gasteiger partial charge in [0, 0.05) is 22.6 Å². The number of nitrogens with one attached hydrogen (secondary N) is 1. The monoisotopic (exact) mass is 411 g/mol. The van der Waals surface area contributed by atoms with E-state index < -0.39 is 17.6 Å². The molecule has 152 valence electrons. The summed E-state index contributed by atoms with van der Waals surface area (Å²) in [6, 6.07) is 11.6. The van der Waals surface area contributed by atoms with Gasteiger partial charge in [-0.2, -0.15) is 18.3 Å². The Hall–Kier alpha value is -3.75. The maximum atomic E-state index is 13.4. The van der Waals surface area contributed by atoms with E-state index in [9.17, 15) is 18.0 Å². The number of pyridine rings is 1. The molecule has 1 aromatic carbocycles. The van der Waals surface area contributed by atoms with E-state index in [0.717, 1.165) is 17.5 Å². The van der Waals surface area contributed by atoms with Crippen molar-refractivity contribution in [3.05, 3.63) is 77.4 Å². The van der Waals surface area contributed by atoms with Gasteiger partial charge in [-0.25, -0.2) is 9.50 Å². The van der Waals surface area contributed by atoms with Gasteiger partial charge in [-0.05, 0) is 44.2 Å². The zero-order valence-electron chi connectivity index (χ0n) is 16.0. The van der Waals surface area contributed by atoms with Gasteiger partial charge in [-0.3, -0.25) is 9.78 Å². The number of imidazole rings is 1. The Kier molecular flexibility index (Phi) is 4.73. The van der Waals surface area contributed by atoms with Crippen LogP contribution in [0.25, 0.3) is 16.9 Å². The number of benzene rings is 1. The molecule has 0 radical (unpaired) electrons. The molecule has 1 amide bonds. The van der Waals surface area contributed by atoms with Crippen molar-refractivity contribution >= 4 is 17.2 Å². The van der Waals surface area contributed by atoms with Crippen LogP contribution in [0.1, 0.15) is 27.4 Å². The molecule has 3 aromatic heterocycles. The molecule has 4 aromatic rings. The van der Waals surface area contributed by atoms with Crippen molar-refractivity contribution in [2.75, 3.05) is 5.32 Å². The van der Waals surface area contributed by atoms with Crippen molar-refractivity contribution in [3.63, 3.8) is 0 Å². The number of hydrogen-bond donors (Lipinski definition) is 1. The fourth-order valence-corrected chi connectivity index (χ4v) is 3.23. The Labute approximate surface area is 169 Å². The lowest BCUT2D eigenvalue weighted by molar-refractivity contribution is -0.137. The fourth-order valence-electron chi connectivity index (χ4n) is 3.23. The third-order valence-electron chi connectivity index (χ3n) is 4.44. The van der Waals surface area contributed by atoms with Crippen LogP contribution in [-0.2, 0) is 6.18 Å². The fraction of sp³-hybridized carbons (Fsp3) is 0.143. The number of fused-ring (bicyclic) bond motifs is 1. The Bertz CT molecular complexity index is 1240. The minimum atomic E-state index is -4.53. The molecule has 0 saturated carbocycles. The number of nitrogens with zero attached hydrogens (tertiary/aromatic N) is 4. The highest BCUT2D eigenvalue weighted by Crippen LogP contribution is 2.36. The number of aryl methyl sites for hydroxylation is 2. The highest BCUT2D eigenvalue weighted by Gasteiger charge is 2.33. The van der Waals surface area contributed by atoms with Crippen LogP contribution in [0.4, 0.5) is 18.9 Å². The molecule has 4 rings (SSSR count). The minimum Gasteiger partial charge on any atom is -0.320 e. The quantitative estimate of drug-likeness (QED) is 0.531. The van der Waals surface area contributed by atoms with E-state index >= 15 is 0 Å². The highest BCUT2D eigenvalue weighted by atomic mass is 19.4. The molecule has 6 nitrogen and oxygen atoms in total. The van der Waals surface area contributed by atoms with Crippen molar-refractivity contribution in [1.82, 2.24) is 19.6 Å². The average molecular weight is 411 g/mol. The number of carbonyl (C=O) groups excluding carboxylic acids is 1. The molecule has 0 saturated heterocycles. The number of alkyl halides is 3. The van der Waals surface area contributed by atoms with E-state index in [2.05, 4.69) is 20.4 Å². The summed E-state index contributed by atoms with van der Waals surface area (Å²) in [5.41, 5.74) is 1.69. The second-order valence-electron chi connectivity index (χ2n) is 6.77. The second kappa shape index (κ2) is 7.25. The summed E-state index contributed by atoms with van der Waals surface area (Å²) >= 11 is 0. The molecule has 0 aliphatic heterocycles. The summed E-state index contributed by atoms with van der Waals surface area (Å²) in [5.74, 6) is -0.485. The van der Waals surface area contributed by atoms with Crippen LogP contribution >= 0.6 is 0 Å². The number of halogens is 3. The molecule has 3 heterocycles. The minimum absolute atomic E-state index is 0.0765. The van der Waals surface area contributed by atoms with E-state index in [-0.39, 0.29) is 17.0 Å². The van der Waals surface area contributed by atoms with Gasteiger partial charge in [0.1, 0.15) is 0 Å². The third-order valence-corrected chi connectivity index (χ3v) is 4.44. The summed E-state index contributed by atoms with van der Waals surface area (Å²) in [4.78, 5) is 21.2. The number of amides is 1. The van der Waals surface area contributed by atoms with E-state index in [4.69, 9.17) is 0 Å². The third kappa shape index (κ3) is 3.73.